The van der Waals surface area contributed by atoms with Crippen LogP contribution in [0.3, 0.4) is 0 Å². The third-order valence-electron chi connectivity index (χ3n) is 2.94. The zero-order valence-electron chi connectivity index (χ0n) is 9.29. The third-order valence-corrected chi connectivity index (χ3v) is 4.14. The summed E-state index contributed by atoms with van der Waals surface area (Å²) in [5.74, 6) is 2.07. The van der Waals surface area contributed by atoms with Crippen LogP contribution in [0.1, 0.15) is 19.3 Å². The summed E-state index contributed by atoms with van der Waals surface area (Å²) in [5.41, 5.74) is 0. The van der Waals surface area contributed by atoms with Crippen molar-refractivity contribution >= 4 is 23.4 Å². The molecule has 0 bridgehead atoms. The number of thioether (sulfide) groups is 1. The summed E-state index contributed by atoms with van der Waals surface area (Å²) in [7, 11) is 0. The second-order valence-electron chi connectivity index (χ2n) is 4.15. The second-order valence-corrected chi connectivity index (χ2v) is 5.70. The van der Waals surface area contributed by atoms with Gasteiger partial charge >= 0.3 is 0 Å². The summed E-state index contributed by atoms with van der Waals surface area (Å²) in [6.45, 7) is 2.38. The number of aromatic nitrogens is 1. The average molecular weight is 257 g/mol. The largest absolute Gasteiger partial charge is 0.317 e. The number of nitrogens with one attached hydrogen (secondary N) is 1. The highest BCUT2D eigenvalue weighted by Crippen LogP contribution is 2.23. The molecule has 0 aliphatic carbocycles. The monoisotopic (exact) mass is 256 g/mol. The molecule has 0 amide bonds. The highest BCUT2D eigenvalue weighted by atomic mass is 35.5. The number of nitrogens with zero attached hydrogens (tertiary/aromatic N) is 1. The Morgan fingerprint density at radius 2 is 2.19 bits per heavy atom. The van der Waals surface area contributed by atoms with Crippen LogP contribution in [0, 0.1) is 5.92 Å². The van der Waals surface area contributed by atoms with Gasteiger partial charge in [-0.3, -0.25) is 0 Å². The lowest BCUT2D eigenvalue weighted by Crippen LogP contribution is -2.27. The molecular weight excluding hydrogens is 240 g/mol. The molecule has 2 nitrogen and oxygen atoms in total. The second kappa shape index (κ2) is 6.48. The molecule has 2 rings (SSSR count). The average Bonchev–Trinajstić information content (AvgIpc) is 2.33. The van der Waals surface area contributed by atoms with Crippen molar-refractivity contribution < 1.29 is 0 Å². The van der Waals surface area contributed by atoms with Crippen molar-refractivity contribution in [3.05, 3.63) is 23.4 Å². The summed E-state index contributed by atoms with van der Waals surface area (Å²) in [6.07, 6.45) is 5.67. The molecule has 0 unspecified atom stereocenters. The molecule has 1 fully saturated rings. The normalized spacial score (nSPS) is 17.6. The van der Waals surface area contributed by atoms with E-state index in [0.717, 1.165) is 10.9 Å². The summed E-state index contributed by atoms with van der Waals surface area (Å²) in [4.78, 5) is 4.28. The molecule has 1 saturated heterocycles. The number of halogens is 1. The molecule has 2 heterocycles. The van der Waals surface area contributed by atoms with Crippen LogP contribution < -0.4 is 5.32 Å². The number of hydrogen-bond donors (Lipinski definition) is 1. The highest BCUT2D eigenvalue weighted by molar-refractivity contribution is 7.99. The minimum absolute atomic E-state index is 0.711. The summed E-state index contributed by atoms with van der Waals surface area (Å²) in [6, 6.07) is 3.90. The van der Waals surface area contributed by atoms with Gasteiger partial charge in [0.15, 0.2) is 0 Å². The number of pyridine rings is 1. The Balaban J connectivity index is 1.69. The van der Waals surface area contributed by atoms with E-state index in [0.29, 0.717) is 5.02 Å². The van der Waals surface area contributed by atoms with Gasteiger partial charge in [0.2, 0.25) is 0 Å². The predicted molar refractivity (Wildman–Crippen MR) is 70.2 cm³/mol. The molecule has 1 aliphatic rings. The van der Waals surface area contributed by atoms with Gasteiger partial charge in [-0.1, -0.05) is 11.6 Å². The first-order valence-electron chi connectivity index (χ1n) is 5.79. The van der Waals surface area contributed by atoms with E-state index >= 15 is 0 Å². The lowest BCUT2D eigenvalue weighted by molar-refractivity contribution is 0.367. The minimum Gasteiger partial charge on any atom is -0.317 e. The van der Waals surface area contributed by atoms with Crippen molar-refractivity contribution in [3.63, 3.8) is 0 Å². The van der Waals surface area contributed by atoms with Crippen LogP contribution in [0.5, 0.6) is 0 Å². The van der Waals surface area contributed by atoms with Crippen LogP contribution >= 0.6 is 23.4 Å². The Labute approximate surface area is 106 Å². The Bertz CT molecular complexity index is 309. The van der Waals surface area contributed by atoms with E-state index in [2.05, 4.69) is 10.3 Å². The highest BCUT2D eigenvalue weighted by Gasteiger charge is 2.12. The topological polar surface area (TPSA) is 24.9 Å². The molecule has 0 atom stereocenters. The van der Waals surface area contributed by atoms with E-state index < -0.39 is 0 Å². The Kier molecular flexibility index (Phi) is 4.94. The fourth-order valence-corrected chi connectivity index (χ4v) is 3.01. The van der Waals surface area contributed by atoms with Crippen LogP contribution in [-0.4, -0.2) is 23.8 Å². The van der Waals surface area contributed by atoms with E-state index in [1.165, 1.54) is 38.1 Å². The Hall–Kier alpha value is -0.250. The molecular formula is C12H17ClN2S. The van der Waals surface area contributed by atoms with Crippen molar-refractivity contribution in [2.24, 2.45) is 5.92 Å². The summed E-state index contributed by atoms with van der Waals surface area (Å²) < 4.78 is 0. The molecule has 1 aromatic rings. The van der Waals surface area contributed by atoms with E-state index in [-0.39, 0.29) is 0 Å². The molecule has 1 N–H and O–H groups in total. The van der Waals surface area contributed by atoms with Crippen LogP contribution in [0.4, 0.5) is 0 Å². The molecule has 0 spiro atoms. The van der Waals surface area contributed by atoms with Crippen molar-refractivity contribution in [1.29, 1.82) is 0 Å². The van der Waals surface area contributed by atoms with Gasteiger partial charge in [-0.05, 0) is 56.2 Å². The molecule has 4 heteroatoms. The molecule has 88 valence electrons. The third kappa shape index (κ3) is 3.96. The molecule has 0 radical (unpaired) electrons. The SMILES string of the molecule is Clc1ccc(SCCC2CCNCC2)nc1. The van der Waals surface area contributed by atoms with Gasteiger partial charge in [-0.15, -0.1) is 11.8 Å². The van der Waals surface area contributed by atoms with Gasteiger partial charge in [0.1, 0.15) is 0 Å². The summed E-state index contributed by atoms with van der Waals surface area (Å²) >= 11 is 7.62. The molecule has 0 saturated carbocycles. The number of piperidine rings is 1. The fourth-order valence-electron chi connectivity index (χ4n) is 1.95. The number of rotatable bonds is 4. The van der Waals surface area contributed by atoms with E-state index in [1.54, 1.807) is 6.20 Å². The van der Waals surface area contributed by atoms with Gasteiger partial charge < -0.3 is 5.32 Å². The first-order chi connectivity index (χ1) is 7.84. The van der Waals surface area contributed by atoms with E-state index in [1.807, 2.05) is 23.9 Å². The zero-order valence-corrected chi connectivity index (χ0v) is 10.9. The predicted octanol–water partition coefficient (Wildman–Crippen LogP) is 3.22. The maximum Gasteiger partial charge on any atom is 0.0960 e. The first kappa shape index (κ1) is 12.2. The van der Waals surface area contributed by atoms with Crippen molar-refractivity contribution in [2.45, 2.75) is 24.3 Å². The van der Waals surface area contributed by atoms with Crippen molar-refractivity contribution in [2.75, 3.05) is 18.8 Å². The van der Waals surface area contributed by atoms with Crippen molar-refractivity contribution in [1.82, 2.24) is 10.3 Å². The molecule has 16 heavy (non-hydrogen) atoms. The lowest BCUT2D eigenvalue weighted by atomic mass is 9.96. The maximum absolute atomic E-state index is 5.79. The minimum atomic E-state index is 0.711. The molecule has 1 aromatic heterocycles. The fraction of sp³-hybridized carbons (Fsp3) is 0.583. The number of hydrogen-bond acceptors (Lipinski definition) is 3. The van der Waals surface area contributed by atoms with E-state index in [9.17, 15) is 0 Å². The summed E-state index contributed by atoms with van der Waals surface area (Å²) in [5, 5.41) is 5.19. The lowest BCUT2D eigenvalue weighted by Gasteiger charge is -2.22. The first-order valence-corrected chi connectivity index (χ1v) is 7.16. The zero-order chi connectivity index (χ0) is 11.2. The van der Waals surface area contributed by atoms with Gasteiger partial charge in [0.05, 0.1) is 10.0 Å². The van der Waals surface area contributed by atoms with Gasteiger partial charge in [-0.2, -0.15) is 0 Å². The van der Waals surface area contributed by atoms with Gasteiger partial charge in [0, 0.05) is 6.20 Å². The smallest absolute Gasteiger partial charge is 0.0960 e. The standard InChI is InChI=1S/C12H17ClN2S/c13-11-1-2-12(15-9-11)16-8-5-10-3-6-14-7-4-10/h1-2,9-10,14H,3-8H2. The van der Waals surface area contributed by atoms with Crippen LogP contribution in [0.2, 0.25) is 5.02 Å². The van der Waals surface area contributed by atoms with Gasteiger partial charge in [-0.25, -0.2) is 4.98 Å². The maximum atomic E-state index is 5.79. The van der Waals surface area contributed by atoms with Gasteiger partial charge in [0.25, 0.3) is 0 Å². The molecule has 0 aromatic carbocycles. The van der Waals surface area contributed by atoms with E-state index in [4.69, 9.17) is 11.6 Å². The Morgan fingerprint density at radius 3 is 2.88 bits per heavy atom. The van der Waals surface area contributed by atoms with Crippen LogP contribution in [-0.2, 0) is 0 Å². The van der Waals surface area contributed by atoms with Crippen LogP contribution in [0.15, 0.2) is 23.4 Å². The molecule has 1 aliphatic heterocycles. The Morgan fingerprint density at radius 1 is 1.38 bits per heavy atom. The van der Waals surface area contributed by atoms with Crippen LogP contribution in [0.25, 0.3) is 0 Å². The quantitative estimate of drug-likeness (QED) is 0.838. The van der Waals surface area contributed by atoms with Crippen molar-refractivity contribution in [3.8, 4) is 0 Å².